The molecule has 2 amide bonds. The van der Waals surface area contributed by atoms with Gasteiger partial charge >= 0.3 is 0 Å². The van der Waals surface area contributed by atoms with Crippen LogP contribution in [0.5, 0.6) is 0 Å². The highest BCUT2D eigenvalue weighted by Gasteiger charge is 2.16. The van der Waals surface area contributed by atoms with Crippen LogP contribution in [0.3, 0.4) is 0 Å². The van der Waals surface area contributed by atoms with E-state index in [1.165, 1.54) is 0 Å². The number of hydrogen-bond donors (Lipinski definition) is 1. The zero-order valence-electron chi connectivity index (χ0n) is 15.3. The first kappa shape index (κ1) is 19.4. The van der Waals surface area contributed by atoms with E-state index < -0.39 is 0 Å². The van der Waals surface area contributed by atoms with Gasteiger partial charge in [0.25, 0.3) is 5.91 Å². The minimum absolute atomic E-state index is 0.0144. The Labute approximate surface area is 154 Å². The molecule has 2 aromatic carbocycles. The summed E-state index contributed by atoms with van der Waals surface area (Å²) in [5, 5.41) is 2.60. The number of carbonyl (C=O) groups excluding carboxylic acids is 2. The molecule has 0 aliphatic carbocycles. The molecule has 0 spiro atoms. The summed E-state index contributed by atoms with van der Waals surface area (Å²) in [4.78, 5) is 28.0. The van der Waals surface area contributed by atoms with Crippen molar-refractivity contribution in [3.63, 3.8) is 0 Å². The van der Waals surface area contributed by atoms with Gasteiger partial charge in [-0.3, -0.25) is 14.5 Å². The average Bonchev–Trinajstić information content (AvgIpc) is 2.66. The van der Waals surface area contributed by atoms with Crippen molar-refractivity contribution in [2.24, 2.45) is 0 Å². The Morgan fingerprint density at radius 1 is 1.08 bits per heavy atom. The summed E-state index contributed by atoms with van der Waals surface area (Å²) in [6, 6.07) is 17.0. The minimum Gasteiger partial charge on any atom is -0.355 e. The topological polar surface area (TPSA) is 52.7 Å². The van der Waals surface area contributed by atoms with Crippen LogP contribution in [0.25, 0.3) is 0 Å². The van der Waals surface area contributed by atoms with E-state index in [0.717, 1.165) is 11.3 Å². The summed E-state index contributed by atoms with van der Waals surface area (Å²) in [5.74, 6) is -0.0939. The van der Waals surface area contributed by atoms with E-state index in [1.807, 2.05) is 54.4 Å². The number of likely N-dealkylation sites (N-methyl/N-ethyl adjacent to an activating group) is 1. The molecule has 0 fully saturated rings. The number of anilines is 1. The molecular formula is C21H25N3O2. The summed E-state index contributed by atoms with van der Waals surface area (Å²) in [7, 11) is 3.51. The lowest BCUT2D eigenvalue weighted by atomic mass is 10.1. The molecule has 0 atom stereocenters. The Morgan fingerprint density at radius 2 is 1.73 bits per heavy atom. The lowest BCUT2D eigenvalue weighted by Crippen LogP contribution is -2.39. The second-order valence-electron chi connectivity index (χ2n) is 6.08. The van der Waals surface area contributed by atoms with Crippen molar-refractivity contribution < 1.29 is 9.59 Å². The molecule has 0 aliphatic heterocycles. The highest BCUT2D eigenvalue weighted by molar-refractivity contribution is 5.95. The van der Waals surface area contributed by atoms with Crippen LogP contribution in [0, 0.1) is 0 Å². The smallest absolute Gasteiger partial charge is 0.251 e. The molecule has 2 rings (SSSR count). The second kappa shape index (κ2) is 9.53. The summed E-state index contributed by atoms with van der Waals surface area (Å²) >= 11 is 0. The van der Waals surface area contributed by atoms with Crippen LogP contribution >= 0.6 is 0 Å². The van der Waals surface area contributed by atoms with Crippen molar-refractivity contribution in [1.29, 1.82) is 0 Å². The van der Waals surface area contributed by atoms with E-state index in [4.69, 9.17) is 0 Å². The molecule has 0 saturated heterocycles. The van der Waals surface area contributed by atoms with Gasteiger partial charge < -0.3 is 10.2 Å². The Kier molecular flexibility index (Phi) is 7.12. The molecule has 5 nitrogen and oxygen atoms in total. The molecule has 2 aromatic rings. The zero-order valence-corrected chi connectivity index (χ0v) is 15.3. The van der Waals surface area contributed by atoms with Gasteiger partial charge in [-0.25, -0.2) is 0 Å². The van der Waals surface area contributed by atoms with Gasteiger partial charge in [-0.15, -0.1) is 6.58 Å². The number of rotatable bonds is 8. The van der Waals surface area contributed by atoms with Crippen LogP contribution in [-0.2, 0) is 11.3 Å². The maximum absolute atomic E-state index is 12.7. The number of amides is 2. The van der Waals surface area contributed by atoms with E-state index in [9.17, 15) is 9.59 Å². The summed E-state index contributed by atoms with van der Waals surface area (Å²) in [5.41, 5.74) is 2.53. The highest BCUT2D eigenvalue weighted by atomic mass is 16.2. The van der Waals surface area contributed by atoms with Crippen molar-refractivity contribution in [2.75, 3.05) is 32.1 Å². The van der Waals surface area contributed by atoms with Crippen LogP contribution in [-0.4, -0.2) is 43.9 Å². The molecule has 0 unspecified atom stereocenters. The van der Waals surface area contributed by atoms with Crippen LogP contribution < -0.4 is 10.2 Å². The predicted molar refractivity (Wildman–Crippen MR) is 105 cm³/mol. The van der Waals surface area contributed by atoms with Gasteiger partial charge in [-0.2, -0.15) is 0 Å². The maximum Gasteiger partial charge on any atom is 0.251 e. The number of nitrogens with zero attached hydrogens (tertiary/aromatic N) is 2. The number of nitrogens with one attached hydrogen (secondary N) is 1. The van der Waals surface area contributed by atoms with Crippen molar-refractivity contribution >= 4 is 17.5 Å². The van der Waals surface area contributed by atoms with E-state index >= 15 is 0 Å². The van der Waals surface area contributed by atoms with Crippen LogP contribution in [0.2, 0.25) is 0 Å². The third-order valence-corrected chi connectivity index (χ3v) is 3.98. The summed E-state index contributed by atoms with van der Waals surface area (Å²) < 4.78 is 0. The van der Waals surface area contributed by atoms with Gasteiger partial charge in [-0.1, -0.05) is 36.4 Å². The highest BCUT2D eigenvalue weighted by Crippen LogP contribution is 2.14. The van der Waals surface area contributed by atoms with Crippen molar-refractivity contribution in [3.05, 3.63) is 78.4 Å². The first-order valence-electron chi connectivity index (χ1n) is 8.51. The zero-order chi connectivity index (χ0) is 18.9. The molecule has 0 aliphatic rings. The second-order valence-corrected chi connectivity index (χ2v) is 6.08. The number of para-hydroxylation sites is 1. The molecule has 5 heteroatoms. The molecule has 26 heavy (non-hydrogen) atoms. The summed E-state index contributed by atoms with van der Waals surface area (Å²) in [6.07, 6.45) is 1.72. The Hall–Kier alpha value is -2.92. The van der Waals surface area contributed by atoms with Crippen LogP contribution in [0.15, 0.2) is 67.3 Å². The first-order chi connectivity index (χ1) is 12.5. The lowest BCUT2D eigenvalue weighted by molar-refractivity contribution is -0.119. The molecule has 0 aromatic heterocycles. The van der Waals surface area contributed by atoms with E-state index in [2.05, 4.69) is 11.9 Å². The molecule has 136 valence electrons. The third kappa shape index (κ3) is 5.29. The van der Waals surface area contributed by atoms with Gasteiger partial charge in [-0.05, 0) is 36.9 Å². The Morgan fingerprint density at radius 3 is 2.31 bits per heavy atom. The van der Waals surface area contributed by atoms with Crippen molar-refractivity contribution in [3.8, 4) is 0 Å². The predicted octanol–water partition coefficient (Wildman–Crippen LogP) is 2.70. The molecule has 0 heterocycles. The number of benzene rings is 2. The lowest BCUT2D eigenvalue weighted by Gasteiger charge is -2.24. The van der Waals surface area contributed by atoms with Gasteiger partial charge in [0.15, 0.2) is 0 Å². The molecule has 0 radical (unpaired) electrons. The third-order valence-electron chi connectivity index (χ3n) is 3.98. The van der Waals surface area contributed by atoms with E-state index in [0.29, 0.717) is 25.2 Å². The van der Waals surface area contributed by atoms with Crippen molar-refractivity contribution in [1.82, 2.24) is 10.2 Å². The van der Waals surface area contributed by atoms with Crippen LogP contribution in [0.4, 0.5) is 5.69 Å². The normalized spacial score (nSPS) is 10.4. The largest absolute Gasteiger partial charge is 0.355 e. The van der Waals surface area contributed by atoms with Gasteiger partial charge in [0.2, 0.25) is 5.91 Å². The Balaban J connectivity index is 1.99. The quantitative estimate of drug-likeness (QED) is 0.744. The van der Waals surface area contributed by atoms with E-state index in [1.54, 1.807) is 30.2 Å². The Bertz CT molecular complexity index is 742. The fraction of sp³-hybridized carbons (Fsp3) is 0.238. The monoisotopic (exact) mass is 351 g/mol. The first-order valence-corrected chi connectivity index (χ1v) is 8.51. The summed E-state index contributed by atoms with van der Waals surface area (Å²) in [6.45, 7) is 5.13. The molecule has 0 bridgehead atoms. The van der Waals surface area contributed by atoms with Gasteiger partial charge in [0.05, 0.1) is 6.54 Å². The maximum atomic E-state index is 12.7. The van der Waals surface area contributed by atoms with Crippen molar-refractivity contribution in [2.45, 2.75) is 6.54 Å². The molecular weight excluding hydrogens is 326 g/mol. The van der Waals surface area contributed by atoms with E-state index in [-0.39, 0.29) is 11.8 Å². The number of hydrogen-bond acceptors (Lipinski definition) is 3. The standard InChI is InChI=1S/C21H25N3O2/c1-4-14-24(19-8-6-5-7-9-19)20(25)16-23(3)15-17-10-12-18(13-11-17)21(26)22-2/h4-13H,1,14-16H2,2-3H3,(H,22,26). The average molecular weight is 351 g/mol. The number of carbonyl (C=O) groups is 2. The molecule has 1 N–H and O–H groups in total. The minimum atomic E-state index is -0.108. The fourth-order valence-electron chi connectivity index (χ4n) is 2.68. The van der Waals surface area contributed by atoms with Gasteiger partial charge in [0, 0.05) is 31.4 Å². The van der Waals surface area contributed by atoms with Gasteiger partial charge in [0.1, 0.15) is 0 Å². The molecule has 0 saturated carbocycles. The SMILES string of the molecule is C=CCN(C(=O)CN(C)Cc1ccc(C(=O)NC)cc1)c1ccccc1. The van der Waals surface area contributed by atoms with Crippen LogP contribution in [0.1, 0.15) is 15.9 Å². The fourth-order valence-corrected chi connectivity index (χ4v) is 2.68.